The number of para-hydroxylation sites is 1. The zero-order chi connectivity index (χ0) is 17.2. The van der Waals surface area contributed by atoms with Crippen LogP contribution < -0.4 is 10.9 Å². The molecule has 1 aliphatic rings. The van der Waals surface area contributed by atoms with Crippen molar-refractivity contribution in [2.75, 3.05) is 0 Å². The normalized spacial score (nSPS) is 13.4. The van der Waals surface area contributed by atoms with Crippen molar-refractivity contribution in [2.24, 2.45) is 0 Å². The fourth-order valence-electron chi connectivity index (χ4n) is 2.71. The molecule has 0 aliphatic heterocycles. The molecule has 1 fully saturated rings. The number of carbonyl (C=O) groups is 2. The molecule has 1 aliphatic carbocycles. The van der Waals surface area contributed by atoms with Crippen molar-refractivity contribution in [2.45, 2.75) is 18.8 Å². The third kappa shape index (κ3) is 3.19. The van der Waals surface area contributed by atoms with E-state index in [-0.39, 0.29) is 11.6 Å². The summed E-state index contributed by atoms with van der Waals surface area (Å²) in [5.41, 5.74) is 7.34. The summed E-state index contributed by atoms with van der Waals surface area (Å²) in [5, 5.41) is 0.761. The minimum Gasteiger partial charge on any atom is -0.267 e. The van der Waals surface area contributed by atoms with Gasteiger partial charge in [-0.15, -0.1) is 0 Å². The van der Waals surface area contributed by atoms with Gasteiger partial charge >= 0.3 is 0 Å². The van der Waals surface area contributed by atoms with Crippen LogP contribution in [0.1, 0.15) is 45.3 Å². The highest BCUT2D eigenvalue weighted by Gasteiger charge is 2.27. The molecule has 1 aromatic carbocycles. The Morgan fingerprint density at radius 3 is 2.48 bits per heavy atom. The minimum atomic E-state index is -0.463. The second-order valence-corrected chi connectivity index (χ2v) is 6.01. The monoisotopic (exact) mass is 332 g/mol. The number of hydrogen-bond acceptors (Lipinski definition) is 4. The van der Waals surface area contributed by atoms with Crippen molar-refractivity contribution >= 4 is 22.7 Å². The SMILES string of the molecule is O=C(NNC(=O)c1cc(C2CC2)nc2ccccc12)c1ccccn1. The van der Waals surface area contributed by atoms with Crippen LogP contribution in [0.25, 0.3) is 10.9 Å². The van der Waals surface area contributed by atoms with Gasteiger partial charge in [0.05, 0.1) is 11.1 Å². The highest BCUT2D eigenvalue weighted by atomic mass is 16.2. The molecule has 6 nitrogen and oxygen atoms in total. The van der Waals surface area contributed by atoms with Crippen molar-refractivity contribution in [3.05, 3.63) is 71.7 Å². The summed E-state index contributed by atoms with van der Waals surface area (Å²) in [5.74, 6) is -0.404. The molecule has 2 heterocycles. The number of rotatable bonds is 3. The van der Waals surface area contributed by atoms with E-state index in [9.17, 15) is 9.59 Å². The Labute approximate surface area is 144 Å². The predicted octanol–water partition coefficient (Wildman–Crippen LogP) is 2.58. The Morgan fingerprint density at radius 2 is 1.72 bits per heavy atom. The first-order valence-corrected chi connectivity index (χ1v) is 8.14. The van der Waals surface area contributed by atoms with Crippen LogP contribution in [0.2, 0.25) is 0 Å². The maximum Gasteiger partial charge on any atom is 0.288 e. The highest BCUT2D eigenvalue weighted by molar-refractivity contribution is 6.07. The summed E-state index contributed by atoms with van der Waals surface area (Å²) >= 11 is 0. The summed E-state index contributed by atoms with van der Waals surface area (Å²) in [7, 11) is 0. The molecule has 0 bridgehead atoms. The lowest BCUT2D eigenvalue weighted by Crippen LogP contribution is -2.42. The molecular formula is C19H16N4O2. The fourth-order valence-corrected chi connectivity index (χ4v) is 2.71. The third-order valence-corrected chi connectivity index (χ3v) is 4.16. The van der Waals surface area contributed by atoms with Gasteiger partial charge in [0, 0.05) is 23.2 Å². The maximum atomic E-state index is 12.6. The van der Waals surface area contributed by atoms with Crippen LogP contribution in [0.5, 0.6) is 0 Å². The van der Waals surface area contributed by atoms with Crippen LogP contribution in [0, 0.1) is 0 Å². The zero-order valence-electron chi connectivity index (χ0n) is 13.4. The number of aromatic nitrogens is 2. The summed E-state index contributed by atoms with van der Waals surface area (Å²) < 4.78 is 0. The molecule has 0 unspecified atom stereocenters. The van der Waals surface area contributed by atoms with Crippen LogP contribution in [0.4, 0.5) is 0 Å². The number of carbonyl (C=O) groups excluding carboxylic acids is 2. The molecule has 3 aromatic rings. The molecule has 0 atom stereocenters. The Hall–Kier alpha value is -3.28. The number of benzene rings is 1. The first-order valence-electron chi connectivity index (χ1n) is 8.14. The van der Waals surface area contributed by atoms with Crippen LogP contribution in [0.3, 0.4) is 0 Å². The molecule has 124 valence electrons. The van der Waals surface area contributed by atoms with Gasteiger partial charge in [-0.2, -0.15) is 0 Å². The van der Waals surface area contributed by atoms with Gasteiger partial charge in [-0.1, -0.05) is 24.3 Å². The van der Waals surface area contributed by atoms with Gasteiger partial charge in [-0.05, 0) is 37.1 Å². The molecule has 2 amide bonds. The Balaban J connectivity index is 1.58. The molecule has 1 saturated carbocycles. The number of hydrazine groups is 1. The topological polar surface area (TPSA) is 84.0 Å². The van der Waals surface area contributed by atoms with Crippen LogP contribution in [-0.4, -0.2) is 21.8 Å². The lowest BCUT2D eigenvalue weighted by Gasteiger charge is -2.11. The van der Waals surface area contributed by atoms with Crippen molar-refractivity contribution in [1.29, 1.82) is 0 Å². The van der Waals surface area contributed by atoms with Crippen molar-refractivity contribution in [1.82, 2.24) is 20.8 Å². The van der Waals surface area contributed by atoms with Crippen LogP contribution >= 0.6 is 0 Å². The maximum absolute atomic E-state index is 12.6. The van der Waals surface area contributed by atoms with Gasteiger partial charge in [0.1, 0.15) is 5.69 Å². The molecule has 0 saturated heterocycles. The quantitative estimate of drug-likeness (QED) is 0.722. The number of nitrogens with zero attached hydrogens (tertiary/aromatic N) is 2. The van der Waals surface area contributed by atoms with E-state index in [4.69, 9.17) is 0 Å². The van der Waals surface area contributed by atoms with E-state index >= 15 is 0 Å². The summed E-state index contributed by atoms with van der Waals surface area (Å²) in [6.45, 7) is 0. The number of nitrogens with one attached hydrogen (secondary N) is 2. The van der Waals surface area contributed by atoms with Gasteiger partial charge in [0.25, 0.3) is 11.8 Å². The second-order valence-electron chi connectivity index (χ2n) is 6.01. The van der Waals surface area contributed by atoms with Crippen LogP contribution in [0.15, 0.2) is 54.7 Å². The fraction of sp³-hybridized carbons (Fsp3) is 0.158. The van der Waals surface area contributed by atoms with Crippen LogP contribution in [-0.2, 0) is 0 Å². The van der Waals surface area contributed by atoms with Gasteiger partial charge in [0.15, 0.2) is 0 Å². The number of hydrogen-bond donors (Lipinski definition) is 2. The highest BCUT2D eigenvalue weighted by Crippen LogP contribution is 2.40. The van der Waals surface area contributed by atoms with Gasteiger partial charge in [-0.25, -0.2) is 0 Å². The summed E-state index contributed by atoms with van der Waals surface area (Å²) in [6.07, 6.45) is 3.72. The van der Waals surface area contributed by atoms with Crippen molar-refractivity contribution in [3.63, 3.8) is 0 Å². The molecule has 4 rings (SSSR count). The lowest BCUT2D eigenvalue weighted by atomic mass is 10.1. The number of amides is 2. The summed E-state index contributed by atoms with van der Waals surface area (Å²) in [4.78, 5) is 33.2. The molecule has 2 aromatic heterocycles. The lowest BCUT2D eigenvalue weighted by molar-refractivity contribution is 0.0845. The molecule has 0 spiro atoms. The van der Waals surface area contributed by atoms with Gasteiger partial charge in [-0.3, -0.25) is 30.4 Å². The second kappa shape index (κ2) is 6.32. The molecule has 6 heteroatoms. The average Bonchev–Trinajstić information content (AvgIpc) is 3.51. The Morgan fingerprint density at radius 1 is 0.960 bits per heavy atom. The average molecular weight is 332 g/mol. The van der Waals surface area contributed by atoms with E-state index in [1.54, 1.807) is 18.2 Å². The first-order chi connectivity index (χ1) is 12.2. The van der Waals surface area contributed by atoms with E-state index in [1.165, 1.54) is 6.20 Å². The van der Waals surface area contributed by atoms with Crippen molar-refractivity contribution < 1.29 is 9.59 Å². The van der Waals surface area contributed by atoms with E-state index in [2.05, 4.69) is 20.8 Å². The molecule has 2 N–H and O–H groups in total. The zero-order valence-corrected chi connectivity index (χ0v) is 13.4. The third-order valence-electron chi connectivity index (χ3n) is 4.16. The van der Waals surface area contributed by atoms with Crippen molar-refractivity contribution in [3.8, 4) is 0 Å². The van der Waals surface area contributed by atoms with Gasteiger partial charge < -0.3 is 0 Å². The minimum absolute atomic E-state index is 0.237. The van der Waals surface area contributed by atoms with E-state index in [0.717, 1.165) is 29.4 Å². The number of fused-ring (bicyclic) bond motifs is 1. The van der Waals surface area contributed by atoms with E-state index < -0.39 is 5.91 Å². The summed E-state index contributed by atoms with van der Waals surface area (Å²) in [6, 6.07) is 14.3. The van der Waals surface area contributed by atoms with E-state index in [1.807, 2.05) is 30.3 Å². The molecule has 0 radical (unpaired) electrons. The Kier molecular flexibility index (Phi) is 3.85. The number of pyridine rings is 2. The predicted molar refractivity (Wildman–Crippen MR) is 92.9 cm³/mol. The first kappa shape index (κ1) is 15.3. The molecular weight excluding hydrogens is 316 g/mol. The molecule has 25 heavy (non-hydrogen) atoms. The smallest absolute Gasteiger partial charge is 0.267 e. The largest absolute Gasteiger partial charge is 0.288 e. The van der Waals surface area contributed by atoms with Gasteiger partial charge in [0.2, 0.25) is 0 Å². The van der Waals surface area contributed by atoms with E-state index in [0.29, 0.717) is 11.5 Å². The standard InChI is InChI=1S/C19H16N4O2/c24-18(22-23-19(25)16-7-3-4-10-20-16)14-11-17(12-8-9-12)21-15-6-2-1-5-13(14)15/h1-7,10-12H,8-9H2,(H,22,24)(H,23,25). The Bertz CT molecular complexity index is 952.